The summed E-state index contributed by atoms with van der Waals surface area (Å²) >= 11 is 0. The van der Waals surface area contributed by atoms with Gasteiger partial charge in [-0.25, -0.2) is 4.57 Å². The number of hydrogen-bond acceptors (Lipinski definition) is 6. The molecule has 0 aromatic carbocycles. The number of esters is 1. The van der Waals surface area contributed by atoms with E-state index in [2.05, 4.69) is 13.8 Å². The van der Waals surface area contributed by atoms with Crippen molar-refractivity contribution in [3.63, 3.8) is 0 Å². The van der Waals surface area contributed by atoms with Gasteiger partial charge in [-0.2, -0.15) is 0 Å². The number of nitrogens with zero attached hydrogens (tertiary/aromatic N) is 1. The largest absolute Gasteiger partial charge is 0.472 e. The van der Waals surface area contributed by atoms with Gasteiger partial charge in [0.15, 0.2) is 0 Å². The van der Waals surface area contributed by atoms with Gasteiger partial charge in [0.2, 0.25) is 0 Å². The van der Waals surface area contributed by atoms with Crippen molar-refractivity contribution in [3.8, 4) is 0 Å². The molecule has 0 saturated carbocycles. The number of phosphoric ester groups is 1. The van der Waals surface area contributed by atoms with Crippen LogP contribution < -0.4 is 0 Å². The van der Waals surface area contributed by atoms with Crippen molar-refractivity contribution in [2.45, 2.75) is 225 Å². The molecule has 0 rings (SSSR count). The summed E-state index contributed by atoms with van der Waals surface area (Å²) < 4.78 is 35.0. The molecule has 0 aliphatic carbocycles. The molecule has 0 amide bonds. The lowest BCUT2D eigenvalue weighted by Gasteiger charge is -2.24. The van der Waals surface area contributed by atoms with Crippen molar-refractivity contribution < 1.29 is 37.3 Å². The second kappa shape index (κ2) is 38.4. The topological polar surface area (TPSA) is 91.3 Å². The first-order chi connectivity index (χ1) is 25.6. The minimum Gasteiger partial charge on any atom is -0.457 e. The van der Waals surface area contributed by atoms with Crippen LogP contribution in [0.3, 0.4) is 0 Å². The highest BCUT2D eigenvalue weighted by molar-refractivity contribution is 7.47. The van der Waals surface area contributed by atoms with Gasteiger partial charge in [0.05, 0.1) is 34.4 Å². The van der Waals surface area contributed by atoms with E-state index in [1.807, 2.05) is 21.1 Å². The second-order valence-electron chi connectivity index (χ2n) is 16.8. The number of ether oxygens (including phenoxy) is 2. The Bertz CT molecular complexity index is 822. The van der Waals surface area contributed by atoms with Gasteiger partial charge in [0.25, 0.3) is 0 Å². The van der Waals surface area contributed by atoms with Crippen LogP contribution in [-0.2, 0) is 27.9 Å². The first-order valence-electron chi connectivity index (χ1n) is 22.8. The van der Waals surface area contributed by atoms with Gasteiger partial charge >= 0.3 is 13.8 Å². The van der Waals surface area contributed by atoms with Crippen molar-refractivity contribution in [2.75, 3.05) is 54.1 Å². The van der Waals surface area contributed by atoms with Crippen LogP contribution in [0.25, 0.3) is 0 Å². The van der Waals surface area contributed by atoms with E-state index in [1.165, 1.54) is 167 Å². The molecule has 0 spiro atoms. The molecular weight excluding hydrogens is 685 g/mol. The Labute approximate surface area is 329 Å². The third-order valence-corrected chi connectivity index (χ3v) is 11.2. The Balaban J connectivity index is 4.14. The molecule has 318 valence electrons. The average Bonchev–Trinajstić information content (AvgIpc) is 3.11. The van der Waals surface area contributed by atoms with Crippen LogP contribution in [0.1, 0.15) is 219 Å². The molecule has 0 bridgehead atoms. The summed E-state index contributed by atoms with van der Waals surface area (Å²) in [5.74, 6) is -0.308. The van der Waals surface area contributed by atoms with Gasteiger partial charge < -0.3 is 18.9 Å². The maximum atomic E-state index is 12.7. The first-order valence-corrected chi connectivity index (χ1v) is 24.3. The summed E-state index contributed by atoms with van der Waals surface area (Å²) in [6.45, 7) is 5.68. The summed E-state index contributed by atoms with van der Waals surface area (Å²) in [4.78, 5) is 22.9. The predicted octanol–water partition coefficient (Wildman–Crippen LogP) is 13.3. The molecule has 2 atom stereocenters. The van der Waals surface area contributed by atoms with E-state index in [0.29, 0.717) is 24.1 Å². The molecule has 0 fully saturated rings. The average molecular weight is 777 g/mol. The normalized spacial score (nSPS) is 13.7. The number of phosphoric acid groups is 1. The number of rotatable bonds is 43. The van der Waals surface area contributed by atoms with Crippen molar-refractivity contribution in [1.29, 1.82) is 0 Å². The number of unbranched alkanes of at least 4 members (excludes halogenated alkanes) is 29. The Morgan fingerprint density at radius 2 is 0.868 bits per heavy atom. The molecule has 1 N–H and O–H groups in total. The highest BCUT2D eigenvalue weighted by Crippen LogP contribution is 2.43. The van der Waals surface area contributed by atoms with E-state index >= 15 is 0 Å². The van der Waals surface area contributed by atoms with Gasteiger partial charge in [0.1, 0.15) is 19.3 Å². The number of carbonyl (C=O) groups is 1. The summed E-state index contributed by atoms with van der Waals surface area (Å²) in [6.07, 6.45) is 39.9. The molecule has 0 heterocycles. The van der Waals surface area contributed by atoms with Crippen LogP contribution >= 0.6 is 7.82 Å². The first kappa shape index (κ1) is 52.5. The second-order valence-corrected chi connectivity index (χ2v) is 18.3. The maximum absolute atomic E-state index is 12.7. The van der Waals surface area contributed by atoms with Crippen molar-refractivity contribution in [3.05, 3.63) is 0 Å². The minimum atomic E-state index is -4.26. The maximum Gasteiger partial charge on any atom is 0.472 e. The van der Waals surface area contributed by atoms with E-state index < -0.39 is 13.9 Å². The van der Waals surface area contributed by atoms with Crippen molar-refractivity contribution >= 4 is 13.8 Å². The SMILES string of the molecule is CCCCCCCCCCCCCCCCCCCCOCC(COP(=O)(O)OCC[N+](C)(C)C)OC(=O)CCCCCCCCCCCCCCC. The summed E-state index contributed by atoms with van der Waals surface area (Å²) in [5, 5.41) is 0. The summed E-state index contributed by atoms with van der Waals surface area (Å²) in [6, 6.07) is 0. The van der Waals surface area contributed by atoms with Gasteiger partial charge in [-0.15, -0.1) is 0 Å². The highest BCUT2D eigenvalue weighted by Gasteiger charge is 2.26. The molecule has 0 radical (unpaired) electrons. The lowest BCUT2D eigenvalue weighted by atomic mass is 10.0. The third kappa shape index (κ3) is 42.5. The van der Waals surface area contributed by atoms with Crippen molar-refractivity contribution in [2.24, 2.45) is 0 Å². The van der Waals surface area contributed by atoms with Crippen LogP contribution in [0.15, 0.2) is 0 Å². The molecule has 9 heteroatoms. The van der Waals surface area contributed by atoms with E-state index in [0.717, 1.165) is 32.1 Å². The third-order valence-electron chi connectivity index (χ3n) is 10.2. The smallest absolute Gasteiger partial charge is 0.457 e. The molecule has 53 heavy (non-hydrogen) atoms. The van der Waals surface area contributed by atoms with E-state index in [-0.39, 0.29) is 25.8 Å². The van der Waals surface area contributed by atoms with E-state index in [1.54, 1.807) is 0 Å². The standard InChI is InChI=1S/C44H90NO7P/c1-6-8-10-12-14-16-18-20-21-22-23-24-26-28-30-32-34-36-39-49-41-43(42-51-53(47,48)50-40-38-45(3,4)5)52-44(46)37-35-33-31-29-27-25-19-17-15-13-11-9-7-2/h43H,6-42H2,1-5H3/p+1. The zero-order chi connectivity index (χ0) is 39.1. The Morgan fingerprint density at radius 3 is 1.25 bits per heavy atom. The zero-order valence-electron chi connectivity index (χ0n) is 36.0. The van der Waals surface area contributed by atoms with Crippen LogP contribution in [-0.4, -0.2) is 75.6 Å². The van der Waals surface area contributed by atoms with Gasteiger partial charge in [-0.3, -0.25) is 13.8 Å². The molecule has 0 aromatic heterocycles. The molecule has 0 aliphatic heterocycles. The van der Waals surface area contributed by atoms with Crippen LogP contribution in [0, 0.1) is 0 Å². The number of carbonyl (C=O) groups excluding carboxylic acids is 1. The van der Waals surface area contributed by atoms with Crippen molar-refractivity contribution in [1.82, 2.24) is 0 Å². The van der Waals surface area contributed by atoms with Crippen LogP contribution in [0.2, 0.25) is 0 Å². The lowest BCUT2D eigenvalue weighted by Crippen LogP contribution is -2.37. The quantitative estimate of drug-likeness (QED) is 0.0285. The molecule has 2 unspecified atom stereocenters. The summed E-state index contributed by atoms with van der Waals surface area (Å²) in [5.41, 5.74) is 0. The Morgan fingerprint density at radius 1 is 0.509 bits per heavy atom. The summed E-state index contributed by atoms with van der Waals surface area (Å²) in [7, 11) is 1.69. The van der Waals surface area contributed by atoms with Crippen LogP contribution in [0.4, 0.5) is 0 Å². The predicted molar refractivity (Wildman–Crippen MR) is 224 cm³/mol. The fraction of sp³-hybridized carbons (Fsp3) is 0.977. The number of likely N-dealkylation sites (N-methyl/N-ethyl adjacent to an activating group) is 1. The van der Waals surface area contributed by atoms with Crippen LogP contribution in [0.5, 0.6) is 0 Å². The van der Waals surface area contributed by atoms with Gasteiger partial charge in [-0.05, 0) is 12.8 Å². The highest BCUT2D eigenvalue weighted by atomic mass is 31.2. The van der Waals surface area contributed by atoms with E-state index in [4.69, 9.17) is 18.5 Å². The Hall–Kier alpha value is -0.500. The molecule has 0 aromatic rings. The van der Waals surface area contributed by atoms with E-state index in [9.17, 15) is 14.3 Å². The van der Waals surface area contributed by atoms with Gasteiger partial charge in [0, 0.05) is 13.0 Å². The monoisotopic (exact) mass is 777 g/mol. The fourth-order valence-electron chi connectivity index (χ4n) is 6.61. The number of hydrogen-bond donors (Lipinski definition) is 1. The molecule has 0 saturated heterocycles. The molecular formula is C44H91NO7P+. The molecule has 8 nitrogen and oxygen atoms in total. The zero-order valence-corrected chi connectivity index (χ0v) is 36.9. The van der Waals surface area contributed by atoms with Gasteiger partial charge in [-0.1, -0.05) is 200 Å². The fourth-order valence-corrected chi connectivity index (χ4v) is 7.35. The Kier molecular flexibility index (Phi) is 38.0. The molecule has 0 aliphatic rings. The lowest BCUT2D eigenvalue weighted by molar-refractivity contribution is -0.870. The number of quaternary nitrogens is 1. The minimum absolute atomic E-state index is 0.0939.